The molecule has 1 aliphatic heterocycles. The predicted octanol–water partition coefficient (Wildman–Crippen LogP) is 1.23. The van der Waals surface area contributed by atoms with Crippen LogP contribution in [0.3, 0.4) is 0 Å². The first-order valence-electron chi connectivity index (χ1n) is 6.96. The van der Waals surface area contributed by atoms with E-state index < -0.39 is 5.41 Å². The van der Waals surface area contributed by atoms with Crippen molar-refractivity contribution < 1.29 is 14.1 Å². The quantitative estimate of drug-likeness (QED) is 0.881. The molecule has 1 saturated heterocycles. The van der Waals surface area contributed by atoms with Crippen LogP contribution in [0.4, 0.5) is 5.69 Å². The van der Waals surface area contributed by atoms with E-state index in [1.54, 1.807) is 6.20 Å². The van der Waals surface area contributed by atoms with Gasteiger partial charge in [-0.2, -0.15) is 0 Å². The average molecular weight is 290 g/mol. The van der Waals surface area contributed by atoms with Gasteiger partial charge in [0.15, 0.2) is 0 Å². The second-order valence-corrected chi connectivity index (χ2v) is 5.40. The number of aromatic nitrogens is 2. The third kappa shape index (κ3) is 2.50. The van der Waals surface area contributed by atoms with Crippen LogP contribution < -0.4 is 11.1 Å². The van der Waals surface area contributed by atoms with Crippen molar-refractivity contribution >= 4 is 22.7 Å². The number of amides is 1. The fraction of sp³-hybridized carbons (Fsp3) is 0.500. The van der Waals surface area contributed by atoms with Crippen LogP contribution in [0.15, 0.2) is 16.8 Å². The molecule has 7 nitrogen and oxygen atoms in total. The number of pyridine rings is 1. The van der Waals surface area contributed by atoms with E-state index in [4.69, 9.17) is 15.0 Å². The van der Waals surface area contributed by atoms with Gasteiger partial charge in [-0.3, -0.25) is 4.79 Å². The Morgan fingerprint density at radius 3 is 2.95 bits per heavy atom. The molecule has 3 heterocycles. The van der Waals surface area contributed by atoms with Crippen LogP contribution >= 0.6 is 0 Å². The zero-order chi connectivity index (χ0) is 14.9. The summed E-state index contributed by atoms with van der Waals surface area (Å²) in [6.07, 6.45) is 2.84. The Bertz CT molecular complexity index is 661. The highest BCUT2D eigenvalue weighted by Crippen LogP contribution is 2.31. The summed E-state index contributed by atoms with van der Waals surface area (Å²) in [6, 6.07) is 1.82. The van der Waals surface area contributed by atoms with Crippen LogP contribution in [-0.2, 0) is 9.53 Å². The van der Waals surface area contributed by atoms with E-state index in [0.717, 1.165) is 11.1 Å². The van der Waals surface area contributed by atoms with Gasteiger partial charge in [0, 0.05) is 19.8 Å². The van der Waals surface area contributed by atoms with Crippen LogP contribution in [0.5, 0.6) is 0 Å². The summed E-state index contributed by atoms with van der Waals surface area (Å²) in [5.74, 6) is -0.0800. The highest BCUT2D eigenvalue weighted by molar-refractivity contribution is 5.96. The zero-order valence-electron chi connectivity index (χ0n) is 11.9. The minimum absolute atomic E-state index is 0.0800. The summed E-state index contributed by atoms with van der Waals surface area (Å²) >= 11 is 0. The number of nitrogens with one attached hydrogen (secondary N) is 1. The zero-order valence-corrected chi connectivity index (χ0v) is 11.9. The summed E-state index contributed by atoms with van der Waals surface area (Å²) in [5.41, 5.74) is 7.11. The monoisotopic (exact) mass is 290 g/mol. The molecule has 0 radical (unpaired) electrons. The molecule has 0 unspecified atom stereocenters. The maximum Gasteiger partial charge on any atom is 0.258 e. The van der Waals surface area contributed by atoms with Crippen molar-refractivity contribution in [1.82, 2.24) is 10.1 Å². The highest BCUT2D eigenvalue weighted by atomic mass is 16.5. The van der Waals surface area contributed by atoms with Gasteiger partial charge < -0.3 is 20.3 Å². The molecule has 21 heavy (non-hydrogen) atoms. The maximum atomic E-state index is 12.6. The number of nitrogens with zero attached hydrogens (tertiary/aromatic N) is 2. The Kier molecular flexibility index (Phi) is 3.60. The molecule has 2 aromatic rings. The molecule has 0 spiro atoms. The van der Waals surface area contributed by atoms with Gasteiger partial charge in [0.2, 0.25) is 5.91 Å². The molecule has 2 aromatic heterocycles. The van der Waals surface area contributed by atoms with Crippen molar-refractivity contribution in [3.05, 3.63) is 18.0 Å². The smallest absolute Gasteiger partial charge is 0.258 e. The Morgan fingerprint density at radius 1 is 1.48 bits per heavy atom. The maximum absolute atomic E-state index is 12.6. The molecule has 3 rings (SSSR count). The normalized spacial score (nSPS) is 17.8. The third-order valence-corrected chi connectivity index (χ3v) is 4.09. The van der Waals surface area contributed by atoms with E-state index >= 15 is 0 Å². The molecule has 0 bridgehead atoms. The van der Waals surface area contributed by atoms with Crippen molar-refractivity contribution in [3.63, 3.8) is 0 Å². The minimum Gasteiger partial charge on any atom is -0.381 e. The molecule has 1 amide bonds. The van der Waals surface area contributed by atoms with Crippen molar-refractivity contribution in [3.8, 4) is 0 Å². The highest BCUT2D eigenvalue weighted by Gasteiger charge is 2.38. The number of carbonyl (C=O) groups excluding carboxylic acids is 1. The first-order valence-corrected chi connectivity index (χ1v) is 6.96. The predicted molar refractivity (Wildman–Crippen MR) is 76.7 cm³/mol. The van der Waals surface area contributed by atoms with Crippen molar-refractivity contribution in [2.75, 3.05) is 25.1 Å². The van der Waals surface area contributed by atoms with Gasteiger partial charge in [0.1, 0.15) is 0 Å². The van der Waals surface area contributed by atoms with Crippen LogP contribution in [0, 0.1) is 12.3 Å². The molecule has 1 aliphatic rings. The second-order valence-electron chi connectivity index (χ2n) is 5.40. The fourth-order valence-corrected chi connectivity index (χ4v) is 2.56. The molecule has 7 heteroatoms. The molecule has 112 valence electrons. The van der Waals surface area contributed by atoms with Crippen LogP contribution in [-0.4, -0.2) is 35.8 Å². The largest absolute Gasteiger partial charge is 0.381 e. The lowest BCUT2D eigenvalue weighted by molar-refractivity contribution is -0.130. The number of anilines is 1. The average Bonchev–Trinajstić information content (AvgIpc) is 2.89. The standard InChI is InChI=1S/C14H18N4O3/c1-9-11-6-10(7-16-12(11)21-18-9)17-13(19)14(8-15)2-4-20-5-3-14/h6-7H,2-5,8,15H2,1H3,(H,17,19). The van der Waals surface area contributed by atoms with Crippen LogP contribution in [0.1, 0.15) is 18.5 Å². The van der Waals surface area contributed by atoms with Crippen LogP contribution in [0.25, 0.3) is 11.1 Å². The lowest BCUT2D eigenvalue weighted by Gasteiger charge is -2.34. The molecule has 0 saturated carbocycles. The van der Waals surface area contributed by atoms with Crippen molar-refractivity contribution in [1.29, 1.82) is 0 Å². The molecule has 0 aliphatic carbocycles. The number of aryl methyl sites for hydroxylation is 1. The van der Waals surface area contributed by atoms with Gasteiger partial charge in [-0.1, -0.05) is 5.16 Å². The fourth-order valence-electron chi connectivity index (χ4n) is 2.56. The minimum atomic E-state index is -0.559. The van der Waals surface area contributed by atoms with Gasteiger partial charge in [-0.05, 0) is 25.8 Å². The summed E-state index contributed by atoms with van der Waals surface area (Å²) in [5, 5.41) is 7.55. The number of hydrogen-bond acceptors (Lipinski definition) is 6. The first-order chi connectivity index (χ1) is 10.1. The molecule has 3 N–H and O–H groups in total. The van der Waals surface area contributed by atoms with Gasteiger partial charge in [-0.15, -0.1) is 0 Å². The lowest BCUT2D eigenvalue weighted by atomic mass is 9.79. The summed E-state index contributed by atoms with van der Waals surface area (Å²) in [6.45, 7) is 3.27. The Labute approximate surface area is 121 Å². The first kappa shape index (κ1) is 14.0. The topological polar surface area (TPSA) is 103 Å². The van der Waals surface area contributed by atoms with Gasteiger partial charge >= 0.3 is 0 Å². The number of ether oxygens (including phenoxy) is 1. The van der Waals surface area contributed by atoms with E-state index in [1.165, 1.54) is 0 Å². The summed E-state index contributed by atoms with van der Waals surface area (Å²) in [7, 11) is 0. The van der Waals surface area contributed by atoms with Gasteiger partial charge in [-0.25, -0.2) is 4.98 Å². The molecule has 0 atom stereocenters. The van der Waals surface area contributed by atoms with Crippen LogP contribution in [0.2, 0.25) is 0 Å². The van der Waals surface area contributed by atoms with Crippen molar-refractivity contribution in [2.24, 2.45) is 11.1 Å². The Morgan fingerprint density at radius 2 is 2.24 bits per heavy atom. The van der Waals surface area contributed by atoms with Gasteiger partial charge in [0.25, 0.3) is 5.71 Å². The Hall–Kier alpha value is -1.99. The SMILES string of the molecule is Cc1noc2ncc(NC(=O)C3(CN)CCOCC3)cc12. The summed E-state index contributed by atoms with van der Waals surface area (Å²) in [4.78, 5) is 16.7. The van der Waals surface area contributed by atoms with E-state index in [9.17, 15) is 4.79 Å². The molecular weight excluding hydrogens is 272 g/mol. The number of hydrogen-bond donors (Lipinski definition) is 2. The van der Waals surface area contributed by atoms with Gasteiger partial charge in [0.05, 0.1) is 28.4 Å². The second kappa shape index (κ2) is 5.42. The third-order valence-electron chi connectivity index (χ3n) is 4.09. The summed E-state index contributed by atoms with van der Waals surface area (Å²) < 4.78 is 10.4. The van der Waals surface area contributed by atoms with E-state index in [2.05, 4.69) is 15.5 Å². The molecular formula is C14H18N4O3. The van der Waals surface area contributed by atoms with E-state index in [0.29, 0.717) is 44.0 Å². The molecule has 0 aromatic carbocycles. The number of nitrogens with two attached hydrogens (primary N) is 1. The number of carbonyl (C=O) groups is 1. The van der Waals surface area contributed by atoms with E-state index in [-0.39, 0.29) is 5.91 Å². The molecule has 1 fully saturated rings. The van der Waals surface area contributed by atoms with Crippen molar-refractivity contribution in [2.45, 2.75) is 19.8 Å². The number of rotatable bonds is 3. The number of fused-ring (bicyclic) bond motifs is 1. The Balaban J connectivity index is 1.83. The lowest BCUT2D eigenvalue weighted by Crippen LogP contribution is -2.46. The van der Waals surface area contributed by atoms with E-state index in [1.807, 2.05) is 13.0 Å².